The van der Waals surface area contributed by atoms with Gasteiger partial charge in [0.25, 0.3) is 0 Å². The van der Waals surface area contributed by atoms with E-state index >= 15 is 0 Å². The highest BCUT2D eigenvalue weighted by molar-refractivity contribution is 5.16. The molecule has 0 amide bonds. The van der Waals surface area contributed by atoms with Gasteiger partial charge in [-0.1, -0.05) is 30.3 Å². The smallest absolute Gasteiger partial charge is 0.380 e. The van der Waals surface area contributed by atoms with Crippen molar-refractivity contribution >= 4 is 0 Å². The van der Waals surface area contributed by atoms with Gasteiger partial charge in [-0.25, -0.2) is 0 Å². The van der Waals surface area contributed by atoms with Gasteiger partial charge in [0, 0.05) is 25.7 Å². The minimum atomic E-state index is -4.56. The zero-order valence-corrected chi connectivity index (χ0v) is 12.5. The van der Waals surface area contributed by atoms with E-state index in [1.165, 1.54) is 0 Å². The van der Waals surface area contributed by atoms with E-state index in [4.69, 9.17) is 5.73 Å². The van der Waals surface area contributed by atoms with Crippen LogP contribution in [-0.4, -0.2) is 47.5 Å². The van der Waals surface area contributed by atoms with Gasteiger partial charge in [0.2, 0.25) is 0 Å². The highest BCUT2D eigenvalue weighted by Crippen LogP contribution is 2.38. The third kappa shape index (κ3) is 4.19. The quantitative estimate of drug-likeness (QED) is 0.793. The van der Waals surface area contributed by atoms with Crippen molar-refractivity contribution in [3.8, 4) is 0 Å². The van der Waals surface area contributed by atoms with Crippen molar-refractivity contribution < 1.29 is 18.3 Å². The van der Waals surface area contributed by atoms with Gasteiger partial charge >= 0.3 is 6.18 Å². The Labute approximate surface area is 128 Å². The van der Waals surface area contributed by atoms with Crippen LogP contribution in [0.1, 0.15) is 18.4 Å². The number of aliphatic hydroxyl groups is 1. The molecule has 0 aliphatic carbocycles. The van der Waals surface area contributed by atoms with E-state index < -0.39 is 11.8 Å². The lowest BCUT2D eigenvalue weighted by Crippen LogP contribution is -2.56. The molecule has 0 bridgehead atoms. The van der Waals surface area contributed by atoms with Gasteiger partial charge in [-0.05, 0) is 24.8 Å². The highest BCUT2D eigenvalue weighted by Gasteiger charge is 2.54. The number of halogens is 3. The van der Waals surface area contributed by atoms with Crippen LogP contribution in [0.2, 0.25) is 0 Å². The predicted molar refractivity (Wildman–Crippen MR) is 79.8 cm³/mol. The molecule has 1 saturated heterocycles. The van der Waals surface area contributed by atoms with Gasteiger partial charge in [0.1, 0.15) is 0 Å². The van der Waals surface area contributed by atoms with Crippen molar-refractivity contribution in [1.82, 2.24) is 11.1 Å². The maximum absolute atomic E-state index is 12.8. The number of benzene rings is 1. The topological polar surface area (TPSA) is 84.5 Å². The largest absolute Gasteiger partial charge is 0.417 e. The first kappa shape index (κ1) is 18.9. The zero-order chi connectivity index (χ0) is 15.5. The molecule has 0 spiro atoms. The van der Waals surface area contributed by atoms with Crippen molar-refractivity contribution in [2.24, 2.45) is 5.73 Å². The van der Waals surface area contributed by atoms with Crippen LogP contribution in [0.3, 0.4) is 0 Å². The summed E-state index contributed by atoms with van der Waals surface area (Å²) in [7, 11) is 0. The maximum Gasteiger partial charge on any atom is 0.417 e. The predicted octanol–water partition coefficient (Wildman–Crippen LogP) is 2.11. The van der Waals surface area contributed by atoms with Crippen LogP contribution in [0, 0.1) is 0 Å². The van der Waals surface area contributed by atoms with Crippen molar-refractivity contribution in [3.63, 3.8) is 0 Å². The molecule has 1 aliphatic heterocycles. The summed E-state index contributed by atoms with van der Waals surface area (Å²) in [6.07, 6.45) is -4.43. The van der Waals surface area contributed by atoms with Crippen molar-refractivity contribution in [2.45, 2.75) is 37.1 Å². The maximum atomic E-state index is 12.8. The normalized spacial score (nSPS) is 20.2. The van der Waals surface area contributed by atoms with Gasteiger partial charge < -0.3 is 17.0 Å². The lowest BCUT2D eigenvalue weighted by atomic mass is 9.89. The van der Waals surface area contributed by atoms with E-state index in [0.717, 1.165) is 5.56 Å². The molecule has 1 fully saturated rings. The minimum Gasteiger partial charge on any atom is -0.380 e. The first-order valence-electron chi connectivity index (χ1n) is 7.13. The molecule has 1 heterocycles. The molecule has 0 saturated carbocycles. The summed E-state index contributed by atoms with van der Waals surface area (Å²) in [5.74, 6) is 0. The first-order valence-corrected chi connectivity index (χ1v) is 7.13. The number of hydrogen-bond donors (Lipinski definition) is 3. The third-order valence-electron chi connectivity index (χ3n) is 4.26. The fraction of sp³-hybridized carbons (Fsp3) is 0.600. The Hall–Kier alpha value is -1.15. The second kappa shape index (κ2) is 7.41. The van der Waals surface area contributed by atoms with Crippen LogP contribution in [0.5, 0.6) is 0 Å². The summed E-state index contributed by atoms with van der Waals surface area (Å²) in [6, 6.07) is 9.76. The molecule has 7 heteroatoms. The molecule has 4 nitrogen and oxygen atoms in total. The molecule has 1 atom stereocenters. The Bertz CT molecular complexity index is 445. The van der Waals surface area contributed by atoms with E-state index in [1.54, 1.807) is 0 Å². The van der Waals surface area contributed by atoms with E-state index in [-0.39, 0.29) is 38.1 Å². The summed E-state index contributed by atoms with van der Waals surface area (Å²) in [4.78, 5) is 1.95. The van der Waals surface area contributed by atoms with Crippen LogP contribution in [-0.2, 0) is 6.42 Å². The van der Waals surface area contributed by atoms with Crippen LogP contribution >= 0.6 is 0 Å². The molecule has 0 aromatic heterocycles. The van der Waals surface area contributed by atoms with Gasteiger partial charge in [0.15, 0.2) is 5.60 Å². The van der Waals surface area contributed by atoms with E-state index in [1.807, 2.05) is 35.2 Å². The summed E-state index contributed by atoms with van der Waals surface area (Å²) >= 11 is 0. The Morgan fingerprint density at radius 1 is 1.18 bits per heavy atom. The number of alkyl halides is 3. The number of hydrogen-bond acceptors (Lipinski definition) is 4. The Morgan fingerprint density at radius 2 is 1.73 bits per heavy atom. The molecule has 1 aromatic carbocycles. The molecule has 126 valence electrons. The van der Waals surface area contributed by atoms with Crippen molar-refractivity contribution in [1.29, 1.82) is 0 Å². The molecule has 1 aromatic rings. The van der Waals surface area contributed by atoms with Crippen molar-refractivity contribution in [3.05, 3.63) is 35.9 Å². The molecular weight excluding hydrogens is 295 g/mol. The molecule has 2 rings (SSSR count). The highest BCUT2D eigenvalue weighted by atomic mass is 19.4. The Morgan fingerprint density at radius 3 is 2.18 bits per heavy atom. The summed E-state index contributed by atoms with van der Waals surface area (Å²) in [6.45, 7) is 0.814. The second-order valence-corrected chi connectivity index (χ2v) is 5.64. The lowest BCUT2D eigenvalue weighted by Gasteiger charge is -2.42. The zero-order valence-electron chi connectivity index (χ0n) is 12.5. The SMILES string of the molecule is N.NCC(Cc1ccccc1)N1CCC(O)(C(F)(F)F)CC1. The standard InChI is InChI=1S/C15H21F3N2O.H3N/c16-15(17,18)14(21)6-8-20(9-7-14)13(11-19)10-12-4-2-1-3-5-12;/h1-5,13,21H,6-11,19H2;1H3. The summed E-state index contributed by atoms with van der Waals surface area (Å²) in [5, 5.41) is 9.69. The fourth-order valence-corrected chi connectivity index (χ4v) is 2.79. The third-order valence-corrected chi connectivity index (χ3v) is 4.26. The van der Waals surface area contributed by atoms with Crippen molar-refractivity contribution in [2.75, 3.05) is 19.6 Å². The molecule has 22 heavy (non-hydrogen) atoms. The molecule has 6 N–H and O–H groups in total. The minimum absolute atomic E-state index is 0. The van der Waals surface area contributed by atoms with E-state index in [9.17, 15) is 18.3 Å². The van der Waals surface area contributed by atoms with Crippen LogP contribution in [0.25, 0.3) is 0 Å². The average molecular weight is 319 g/mol. The fourth-order valence-electron chi connectivity index (χ4n) is 2.79. The second-order valence-electron chi connectivity index (χ2n) is 5.64. The van der Waals surface area contributed by atoms with Gasteiger partial charge in [-0.2, -0.15) is 13.2 Å². The van der Waals surface area contributed by atoms with Crippen LogP contribution in [0.15, 0.2) is 30.3 Å². The summed E-state index contributed by atoms with van der Waals surface area (Å²) < 4.78 is 38.4. The number of nitrogens with zero attached hydrogens (tertiary/aromatic N) is 1. The van der Waals surface area contributed by atoms with Gasteiger partial charge in [0.05, 0.1) is 0 Å². The average Bonchev–Trinajstić information content (AvgIpc) is 2.46. The Balaban J connectivity index is 0.00000242. The molecular formula is C15H24F3N3O. The first-order chi connectivity index (χ1) is 9.86. The Kier molecular flexibility index (Phi) is 6.37. The van der Waals surface area contributed by atoms with Crippen LogP contribution in [0.4, 0.5) is 13.2 Å². The van der Waals surface area contributed by atoms with Crippen LogP contribution < -0.4 is 11.9 Å². The number of likely N-dealkylation sites (tertiary alicyclic amines) is 1. The molecule has 1 aliphatic rings. The van der Waals surface area contributed by atoms with E-state index in [2.05, 4.69) is 0 Å². The van der Waals surface area contributed by atoms with Gasteiger partial charge in [-0.3, -0.25) is 4.90 Å². The number of rotatable bonds is 4. The number of nitrogens with two attached hydrogens (primary N) is 1. The molecule has 0 radical (unpaired) electrons. The monoisotopic (exact) mass is 319 g/mol. The molecule has 1 unspecified atom stereocenters. The van der Waals surface area contributed by atoms with E-state index in [0.29, 0.717) is 13.0 Å². The van der Waals surface area contributed by atoms with Gasteiger partial charge in [-0.15, -0.1) is 0 Å². The number of piperidine rings is 1. The summed E-state index contributed by atoms with van der Waals surface area (Å²) in [5.41, 5.74) is 4.35. The lowest BCUT2D eigenvalue weighted by molar-refractivity contribution is -0.273.